The summed E-state index contributed by atoms with van der Waals surface area (Å²) in [5.41, 5.74) is 8.58. The SMILES string of the molecule is Nc1[nH]c(-c2ccccc2)c[n+]1CC(=O)c1ccccc1. The lowest BCUT2D eigenvalue weighted by Crippen LogP contribution is -2.38. The summed E-state index contributed by atoms with van der Waals surface area (Å²) in [4.78, 5) is 15.3. The first kappa shape index (κ1) is 13.1. The Hall–Kier alpha value is -2.88. The number of anilines is 1. The summed E-state index contributed by atoms with van der Waals surface area (Å²) >= 11 is 0. The van der Waals surface area contributed by atoms with Crippen LogP contribution in [-0.4, -0.2) is 10.8 Å². The fourth-order valence-corrected chi connectivity index (χ4v) is 2.23. The molecule has 104 valence electrons. The number of nitrogens with zero attached hydrogens (tertiary/aromatic N) is 1. The Kier molecular flexibility index (Phi) is 3.51. The van der Waals surface area contributed by atoms with Crippen LogP contribution >= 0.6 is 0 Å². The van der Waals surface area contributed by atoms with Crippen LogP contribution in [0.4, 0.5) is 5.95 Å². The second-order valence-electron chi connectivity index (χ2n) is 4.84. The van der Waals surface area contributed by atoms with E-state index < -0.39 is 0 Å². The molecule has 0 spiro atoms. The van der Waals surface area contributed by atoms with E-state index in [0.29, 0.717) is 11.5 Å². The lowest BCUT2D eigenvalue weighted by molar-refractivity contribution is -0.667. The molecule has 1 aromatic heterocycles. The summed E-state index contributed by atoms with van der Waals surface area (Å²) in [7, 11) is 0. The number of imidazole rings is 1. The predicted molar refractivity (Wildman–Crippen MR) is 81.6 cm³/mol. The van der Waals surface area contributed by atoms with Gasteiger partial charge in [-0.25, -0.2) is 9.55 Å². The maximum atomic E-state index is 12.2. The smallest absolute Gasteiger partial charge is 0.291 e. The van der Waals surface area contributed by atoms with Crippen molar-refractivity contribution in [3.8, 4) is 11.3 Å². The highest BCUT2D eigenvalue weighted by Gasteiger charge is 2.16. The normalized spacial score (nSPS) is 10.5. The number of aromatic amines is 1. The van der Waals surface area contributed by atoms with Gasteiger partial charge in [0.05, 0.1) is 0 Å². The van der Waals surface area contributed by atoms with Crippen molar-refractivity contribution in [3.05, 3.63) is 72.4 Å². The molecule has 0 bridgehead atoms. The Bertz CT molecular complexity index is 748. The van der Waals surface area contributed by atoms with Crippen LogP contribution < -0.4 is 10.3 Å². The van der Waals surface area contributed by atoms with Crippen molar-refractivity contribution in [1.82, 2.24) is 4.98 Å². The molecule has 0 saturated carbocycles. The van der Waals surface area contributed by atoms with Gasteiger partial charge in [0.25, 0.3) is 0 Å². The first-order chi connectivity index (χ1) is 10.2. The van der Waals surface area contributed by atoms with E-state index in [0.717, 1.165) is 11.3 Å². The summed E-state index contributed by atoms with van der Waals surface area (Å²) in [6.07, 6.45) is 1.87. The maximum Gasteiger partial charge on any atom is 0.353 e. The molecular formula is C17H16N3O+. The summed E-state index contributed by atoms with van der Waals surface area (Å²) in [5.74, 6) is 0.504. The molecule has 2 aromatic carbocycles. The van der Waals surface area contributed by atoms with Crippen LogP contribution in [0, 0.1) is 0 Å². The number of nitrogens with one attached hydrogen (secondary N) is 1. The van der Waals surface area contributed by atoms with E-state index in [1.807, 2.05) is 66.9 Å². The van der Waals surface area contributed by atoms with E-state index in [9.17, 15) is 4.79 Å². The standard InChI is InChI=1S/C17H15N3O/c18-17-19-15(13-7-3-1-4-8-13)11-20(17)12-16(21)14-9-5-2-6-10-14/h1-11H,12H2,(H2,18,19)/p+1. The fraction of sp³-hybridized carbons (Fsp3) is 0.0588. The second-order valence-corrected chi connectivity index (χ2v) is 4.84. The minimum Gasteiger partial charge on any atom is -0.291 e. The zero-order valence-electron chi connectivity index (χ0n) is 11.5. The van der Waals surface area contributed by atoms with Crippen LogP contribution in [-0.2, 0) is 6.54 Å². The Labute approximate surface area is 122 Å². The molecule has 3 aromatic rings. The molecule has 0 fully saturated rings. The van der Waals surface area contributed by atoms with Gasteiger partial charge in [0.2, 0.25) is 0 Å². The van der Waals surface area contributed by atoms with Gasteiger partial charge in [-0.2, -0.15) is 0 Å². The van der Waals surface area contributed by atoms with Gasteiger partial charge in [-0.15, -0.1) is 0 Å². The molecule has 21 heavy (non-hydrogen) atoms. The Morgan fingerprint density at radius 1 is 1.00 bits per heavy atom. The van der Waals surface area contributed by atoms with Gasteiger partial charge in [-0.3, -0.25) is 10.5 Å². The summed E-state index contributed by atoms with van der Waals surface area (Å²) in [5, 5.41) is 0. The number of H-pyrrole nitrogens is 1. The zero-order valence-corrected chi connectivity index (χ0v) is 11.5. The monoisotopic (exact) mass is 278 g/mol. The quantitative estimate of drug-likeness (QED) is 0.568. The van der Waals surface area contributed by atoms with Crippen LogP contribution in [0.15, 0.2) is 66.9 Å². The number of benzene rings is 2. The van der Waals surface area contributed by atoms with Crippen molar-refractivity contribution < 1.29 is 9.36 Å². The van der Waals surface area contributed by atoms with E-state index in [1.165, 1.54) is 0 Å². The first-order valence-electron chi connectivity index (χ1n) is 6.75. The average molecular weight is 278 g/mol. The highest BCUT2D eigenvalue weighted by Crippen LogP contribution is 2.16. The molecule has 4 heteroatoms. The van der Waals surface area contributed by atoms with Crippen LogP contribution in [0.5, 0.6) is 0 Å². The van der Waals surface area contributed by atoms with Gasteiger partial charge in [0.15, 0.2) is 5.78 Å². The van der Waals surface area contributed by atoms with Crippen molar-refractivity contribution in [1.29, 1.82) is 0 Å². The van der Waals surface area contributed by atoms with Crippen LogP contribution in [0.3, 0.4) is 0 Å². The topological polar surface area (TPSA) is 62.8 Å². The number of rotatable bonds is 4. The number of hydrogen-bond donors (Lipinski definition) is 2. The molecule has 0 unspecified atom stereocenters. The summed E-state index contributed by atoms with van der Waals surface area (Å²) in [6, 6.07) is 19.1. The number of carbonyl (C=O) groups is 1. The van der Waals surface area contributed by atoms with Crippen molar-refractivity contribution in [3.63, 3.8) is 0 Å². The molecule has 3 N–H and O–H groups in total. The Morgan fingerprint density at radius 3 is 2.29 bits per heavy atom. The third-order valence-corrected chi connectivity index (χ3v) is 3.35. The molecule has 4 nitrogen and oxygen atoms in total. The third-order valence-electron chi connectivity index (χ3n) is 3.35. The Balaban J connectivity index is 1.84. The van der Waals surface area contributed by atoms with E-state index in [2.05, 4.69) is 4.98 Å². The third kappa shape index (κ3) is 2.84. The summed E-state index contributed by atoms with van der Waals surface area (Å²) in [6.45, 7) is 0.221. The van der Waals surface area contributed by atoms with Crippen molar-refractivity contribution in [2.75, 3.05) is 5.73 Å². The molecule has 0 amide bonds. The average Bonchev–Trinajstić information content (AvgIpc) is 2.90. The number of nitrogens with two attached hydrogens (primary N) is 1. The Morgan fingerprint density at radius 2 is 1.62 bits per heavy atom. The fourth-order valence-electron chi connectivity index (χ4n) is 2.23. The molecular weight excluding hydrogens is 262 g/mol. The zero-order chi connectivity index (χ0) is 14.7. The molecule has 0 atom stereocenters. The largest absolute Gasteiger partial charge is 0.353 e. The van der Waals surface area contributed by atoms with E-state index in [-0.39, 0.29) is 12.3 Å². The lowest BCUT2D eigenvalue weighted by atomic mass is 10.1. The van der Waals surface area contributed by atoms with Crippen LogP contribution in [0.2, 0.25) is 0 Å². The minimum atomic E-state index is 0.0333. The first-order valence-corrected chi connectivity index (χ1v) is 6.75. The molecule has 3 rings (SSSR count). The number of hydrogen-bond acceptors (Lipinski definition) is 2. The number of ketones is 1. The second kappa shape index (κ2) is 5.63. The van der Waals surface area contributed by atoms with Gasteiger partial charge < -0.3 is 0 Å². The number of carbonyl (C=O) groups excluding carboxylic acids is 1. The number of nitrogen functional groups attached to an aromatic ring is 1. The number of Topliss-reactive ketones (excluding diaryl/α,β-unsaturated/α-hetero) is 1. The molecule has 0 aliphatic rings. The van der Waals surface area contributed by atoms with Gasteiger partial charge in [-0.05, 0) is 0 Å². The van der Waals surface area contributed by atoms with Crippen LogP contribution in [0.1, 0.15) is 10.4 Å². The maximum absolute atomic E-state index is 12.2. The van der Waals surface area contributed by atoms with Crippen LogP contribution in [0.25, 0.3) is 11.3 Å². The highest BCUT2D eigenvalue weighted by molar-refractivity contribution is 5.95. The van der Waals surface area contributed by atoms with Gasteiger partial charge >= 0.3 is 5.95 Å². The highest BCUT2D eigenvalue weighted by atomic mass is 16.1. The van der Waals surface area contributed by atoms with E-state index in [4.69, 9.17) is 5.73 Å². The van der Waals surface area contributed by atoms with Crippen molar-refractivity contribution in [2.45, 2.75) is 6.54 Å². The molecule has 1 heterocycles. The van der Waals surface area contributed by atoms with Crippen molar-refractivity contribution in [2.24, 2.45) is 0 Å². The van der Waals surface area contributed by atoms with Gasteiger partial charge in [-0.1, -0.05) is 60.7 Å². The van der Waals surface area contributed by atoms with Gasteiger partial charge in [0, 0.05) is 11.1 Å². The molecule has 0 radical (unpaired) electrons. The lowest BCUT2D eigenvalue weighted by Gasteiger charge is -1.99. The van der Waals surface area contributed by atoms with E-state index >= 15 is 0 Å². The molecule has 0 aliphatic carbocycles. The summed E-state index contributed by atoms with van der Waals surface area (Å²) < 4.78 is 1.73. The minimum absolute atomic E-state index is 0.0333. The van der Waals surface area contributed by atoms with Gasteiger partial charge in [0.1, 0.15) is 18.4 Å². The number of aromatic nitrogens is 2. The van der Waals surface area contributed by atoms with Crippen molar-refractivity contribution >= 4 is 11.7 Å². The predicted octanol–water partition coefficient (Wildman–Crippen LogP) is 2.43. The van der Waals surface area contributed by atoms with E-state index in [1.54, 1.807) is 4.57 Å². The molecule has 0 saturated heterocycles. The molecule has 0 aliphatic heterocycles.